The molecular weight excluding hydrogens is 220 g/mol. The topological polar surface area (TPSA) is 72.3 Å². The van der Waals surface area contributed by atoms with Crippen LogP contribution in [-0.4, -0.2) is 21.0 Å². The van der Waals surface area contributed by atoms with Gasteiger partial charge in [-0.1, -0.05) is 6.07 Å². The number of aromatic carboxylic acids is 1. The van der Waals surface area contributed by atoms with Crippen LogP contribution < -0.4 is 4.74 Å². The molecule has 2 aromatic heterocycles. The van der Waals surface area contributed by atoms with Crippen LogP contribution in [-0.2, 0) is 6.61 Å². The molecule has 2 aromatic rings. The van der Waals surface area contributed by atoms with Crippen LogP contribution >= 0.6 is 0 Å². The third kappa shape index (κ3) is 2.78. The van der Waals surface area contributed by atoms with Crippen molar-refractivity contribution < 1.29 is 14.6 Å². The van der Waals surface area contributed by atoms with Gasteiger partial charge in [-0.3, -0.25) is 4.98 Å². The Balaban J connectivity index is 2.12. The van der Waals surface area contributed by atoms with Crippen molar-refractivity contribution in [1.29, 1.82) is 0 Å². The largest absolute Gasteiger partial charge is 0.487 e. The molecule has 0 aliphatic heterocycles. The Morgan fingerprint density at radius 3 is 2.82 bits per heavy atom. The fraction of sp³-hybridized carbons (Fsp3) is 0.0833. The van der Waals surface area contributed by atoms with Crippen LogP contribution in [0.4, 0.5) is 0 Å². The highest BCUT2D eigenvalue weighted by atomic mass is 16.5. The van der Waals surface area contributed by atoms with E-state index in [1.807, 2.05) is 0 Å². The quantitative estimate of drug-likeness (QED) is 0.866. The smallest absolute Gasteiger partial charge is 0.354 e. The second-order valence-electron chi connectivity index (χ2n) is 3.29. The van der Waals surface area contributed by atoms with E-state index in [1.165, 1.54) is 6.20 Å². The van der Waals surface area contributed by atoms with Crippen molar-refractivity contribution in [1.82, 2.24) is 9.97 Å². The van der Waals surface area contributed by atoms with Crippen LogP contribution in [0.15, 0.2) is 42.9 Å². The van der Waals surface area contributed by atoms with E-state index in [2.05, 4.69) is 9.97 Å². The van der Waals surface area contributed by atoms with Crippen molar-refractivity contribution in [2.75, 3.05) is 0 Å². The summed E-state index contributed by atoms with van der Waals surface area (Å²) in [4.78, 5) is 18.6. The van der Waals surface area contributed by atoms with Crippen molar-refractivity contribution in [3.63, 3.8) is 0 Å². The molecule has 0 saturated carbocycles. The lowest BCUT2D eigenvalue weighted by molar-refractivity contribution is 0.0687. The van der Waals surface area contributed by atoms with Crippen molar-refractivity contribution in [2.45, 2.75) is 6.61 Å². The number of aromatic nitrogens is 2. The molecule has 86 valence electrons. The van der Waals surface area contributed by atoms with Gasteiger partial charge in [0.15, 0.2) is 5.69 Å². The molecule has 0 aromatic carbocycles. The molecule has 17 heavy (non-hydrogen) atoms. The van der Waals surface area contributed by atoms with Gasteiger partial charge in [0.1, 0.15) is 12.4 Å². The molecular formula is C12H10N2O3. The van der Waals surface area contributed by atoms with E-state index in [1.54, 1.807) is 36.7 Å². The minimum Gasteiger partial charge on any atom is -0.487 e. The van der Waals surface area contributed by atoms with Crippen LogP contribution in [0.5, 0.6) is 5.75 Å². The Labute approximate surface area is 97.7 Å². The highest BCUT2D eigenvalue weighted by Gasteiger charge is 2.10. The standard InChI is InChI=1S/C12H10N2O3/c15-12(16)11-9(3-1-6-14-11)8-17-10-4-2-5-13-7-10/h1-7H,8H2,(H,15,16). The molecule has 5 heteroatoms. The third-order valence-electron chi connectivity index (χ3n) is 2.12. The van der Waals surface area contributed by atoms with Gasteiger partial charge in [-0.25, -0.2) is 9.78 Å². The Morgan fingerprint density at radius 2 is 2.12 bits per heavy atom. The molecule has 0 fully saturated rings. The van der Waals surface area contributed by atoms with E-state index in [4.69, 9.17) is 9.84 Å². The second-order valence-corrected chi connectivity index (χ2v) is 3.29. The van der Waals surface area contributed by atoms with E-state index < -0.39 is 5.97 Å². The Morgan fingerprint density at radius 1 is 1.29 bits per heavy atom. The molecule has 5 nitrogen and oxygen atoms in total. The maximum absolute atomic E-state index is 10.9. The maximum atomic E-state index is 10.9. The molecule has 2 heterocycles. The number of rotatable bonds is 4. The molecule has 0 aliphatic rings. The lowest BCUT2D eigenvalue weighted by Crippen LogP contribution is -2.07. The number of hydrogen-bond acceptors (Lipinski definition) is 4. The number of carboxylic acid groups (broad SMARTS) is 1. The van der Waals surface area contributed by atoms with Crippen LogP contribution in [0, 0.1) is 0 Å². The lowest BCUT2D eigenvalue weighted by Gasteiger charge is -2.07. The van der Waals surface area contributed by atoms with E-state index in [0.717, 1.165) is 0 Å². The van der Waals surface area contributed by atoms with Crippen molar-refractivity contribution in [3.05, 3.63) is 54.1 Å². The zero-order valence-corrected chi connectivity index (χ0v) is 8.91. The molecule has 2 rings (SSSR count). The molecule has 0 unspecified atom stereocenters. The molecule has 0 bridgehead atoms. The summed E-state index contributed by atoms with van der Waals surface area (Å²) in [5.41, 5.74) is 0.542. The first-order valence-corrected chi connectivity index (χ1v) is 4.97. The van der Waals surface area contributed by atoms with Crippen molar-refractivity contribution >= 4 is 5.97 Å². The first-order chi connectivity index (χ1) is 8.27. The van der Waals surface area contributed by atoms with Gasteiger partial charge in [-0.15, -0.1) is 0 Å². The minimum atomic E-state index is -1.06. The SMILES string of the molecule is O=C(O)c1ncccc1COc1cccnc1. The lowest BCUT2D eigenvalue weighted by atomic mass is 10.2. The van der Waals surface area contributed by atoms with Crippen LogP contribution in [0.3, 0.4) is 0 Å². The number of carbonyl (C=O) groups is 1. The van der Waals surface area contributed by atoms with Gasteiger partial charge in [-0.2, -0.15) is 0 Å². The second kappa shape index (κ2) is 5.07. The Hall–Kier alpha value is -2.43. The minimum absolute atomic E-state index is 0.0105. The fourth-order valence-electron chi connectivity index (χ4n) is 1.34. The number of carboxylic acids is 1. The van der Waals surface area contributed by atoms with Gasteiger partial charge >= 0.3 is 5.97 Å². The number of hydrogen-bond donors (Lipinski definition) is 1. The van der Waals surface area contributed by atoms with Crippen LogP contribution in [0.25, 0.3) is 0 Å². The van der Waals surface area contributed by atoms with Gasteiger partial charge in [0.05, 0.1) is 6.20 Å². The molecule has 0 aliphatic carbocycles. The molecule has 0 atom stereocenters. The predicted octanol–water partition coefficient (Wildman–Crippen LogP) is 1.75. The first kappa shape index (κ1) is 11.1. The summed E-state index contributed by atoms with van der Waals surface area (Å²) in [6.07, 6.45) is 4.65. The fourth-order valence-corrected chi connectivity index (χ4v) is 1.34. The maximum Gasteiger partial charge on any atom is 0.354 e. The van der Waals surface area contributed by atoms with E-state index in [9.17, 15) is 4.79 Å². The molecule has 0 spiro atoms. The van der Waals surface area contributed by atoms with Gasteiger partial charge in [0, 0.05) is 18.0 Å². The summed E-state index contributed by atoms with van der Waals surface area (Å²) in [6.45, 7) is 0.154. The highest BCUT2D eigenvalue weighted by Crippen LogP contribution is 2.12. The zero-order chi connectivity index (χ0) is 12.1. The van der Waals surface area contributed by atoms with Gasteiger partial charge in [0.25, 0.3) is 0 Å². The highest BCUT2D eigenvalue weighted by molar-refractivity contribution is 5.86. The van der Waals surface area contributed by atoms with Crippen molar-refractivity contribution in [2.24, 2.45) is 0 Å². The Kier molecular flexibility index (Phi) is 3.30. The van der Waals surface area contributed by atoms with Crippen LogP contribution in [0.2, 0.25) is 0 Å². The number of ether oxygens (including phenoxy) is 1. The van der Waals surface area contributed by atoms with E-state index >= 15 is 0 Å². The monoisotopic (exact) mass is 230 g/mol. The molecule has 0 radical (unpaired) electrons. The summed E-state index contributed by atoms with van der Waals surface area (Å²) < 4.78 is 5.42. The van der Waals surface area contributed by atoms with Crippen LogP contribution in [0.1, 0.15) is 16.1 Å². The zero-order valence-electron chi connectivity index (χ0n) is 8.91. The summed E-state index contributed by atoms with van der Waals surface area (Å²) >= 11 is 0. The number of pyridine rings is 2. The van der Waals surface area contributed by atoms with Gasteiger partial charge < -0.3 is 9.84 Å². The average molecular weight is 230 g/mol. The molecule has 0 amide bonds. The molecule has 0 saturated heterocycles. The summed E-state index contributed by atoms with van der Waals surface area (Å²) in [5.74, 6) is -0.469. The number of nitrogens with zero attached hydrogens (tertiary/aromatic N) is 2. The predicted molar refractivity (Wildman–Crippen MR) is 59.8 cm³/mol. The molecule has 1 N–H and O–H groups in total. The summed E-state index contributed by atoms with van der Waals surface area (Å²) in [7, 11) is 0. The Bertz CT molecular complexity index is 514. The first-order valence-electron chi connectivity index (χ1n) is 4.97. The third-order valence-corrected chi connectivity index (χ3v) is 2.12. The summed E-state index contributed by atoms with van der Waals surface area (Å²) in [6, 6.07) is 6.85. The van der Waals surface area contributed by atoms with E-state index in [-0.39, 0.29) is 12.3 Å². The summed E-state index contributed by atoms with van der Waals surface area (Å²) in [5, 5.41) is 8.93. The van der Waals surface area contributed by atoms with E-state index in [0.29, 0.717) is 11.3 Å². The van der Waals surface area contributed by atoms with Gasteiger partial charge in [0.2, 0.25) is 0 Å². The average Bonchev–Trinajstić information content (AvgIpc) is 2.38. The van der Waals surface area contributed by atoms with Crippen molar-refractivity contribution in [3.8, 4) is 5.75 Å². The normalized spacial score (nSPS) is 9.88. The van der Waals surface area contributed by atoms with Gasteiger partial charge in [-0.05, 0) is 18.2 Å².